The molecule has 0 aromatic heterocycles. The van der Waals surface area contributed by atoms with Crippen molar-refractivity contribution in [1.82, 2.24) is 10.2 Å². The second-order valence-electron chi connectivity index (χ2n) is 6.67. The fourth-order valence-electron chi connectivity index (χ4n) is 3.55. The van der Waals surface area contributed by atoms with Gasteiger partial charge >= 0.3 is 6.03 Å². The third-order valence-electron chi connectivity index (χ3n) is 4.88. The molecular weight excluding hydrogens is 362 g/mol. The number of rotatable bonds is 4. The number of benzene rings is 2. The molecule has 1 saturated heterocycles. The van der Waals surface area contributed by atoms with E-state index in [1.165, 1.54) is 4.90 Å². The molecule has 4 rings (SSSR count). The number of para-hydroxylation sites is 1. The molecule has 2 aromatic rings. The van der Waals surface area contributed by atoms with Crippen molar-refractivity contribution in [3.8, 4) is 0 Å². The van der Waals surface area contributed by atoms with Gasteiger partial charge in [-0.3, -0.25) is 9.69 Å². The number of anilines is 2. The summed E-state index contributed by atoms with van der Waals surface area (Å²) in [5, 5.41) is 3.59. The average molecular weight is 382 g/mol. The maximum Gasteiger partial charge on any atom is 0.326 e. The Morgan fingerprint density at radius 1 is 1.11 bits per heavy atom. The standard InChI is InChI=1S/C21H20ClN3O2/c1-2-3-11-24-20(26)17-12-14-7-4-5-10-18(14)25(19(17)23-21(24)27)16-9-6-8-15(22)13-16/h4-10,12-13,19H,2-3,11H2,1H3,(H,23,27). The molecule has 5 nitrogen and oxygen atoms in total. The van der Waals surface area contributed by atoms with Crippen molar-refractivity contribution in [2.24, 2.45) is 0 Å². The molecule has 2 aliphatic heterocycles. The number of urea groups is 1. The molecule has 1 atom stereocenters. The summed E-state index contributed by atoms with van der Waals surface area (Å²) >= 11 is 6.20. The summed E-state index contributed by atoms with van der Waals surface area (Å²) in [6.45, 7) is 2.45. The first kappa shape index (κ1) is 17.6. The van der Waals surface area contributed by atoms with E-state index in [1.807, 2.05) is 60.4 Å². The zero-order valence-corrected chi connectivity index (χ0v) is 15.7. The number of halogens is 1. The second-order valence-corrected chi connectivity index (χ2v) is 7.11. The normalized spacial score (nSPS) is 18.6. The minimum absolute atomic E-state index is 0.237. The van der Waals surface area contributed by atoms with Crippen LogP contribution in [0.2, 0.25) is 5.02 Å². The highest BCUT2D eigenvalue weighted by Gasteiger charge is 2.42. The predicted molar refractivity (Wildman–Crippen MR) is 107 cm³/mol. The molecule has 138 valence electrons. The van der Waals surface area contributed by atoms with Gasteiger partial charge in [-0.05, 0) is 42.3 Å². The predicted octanol–water partition coefficient (Wildman–Crippen LogP) is 4.55. The summed E-state index contributed by atoms with van der Waals surface area (Å²) < 4.78 is 0. The van der Waals surface area contributed by atoms with Gasteiger partial charge in [-0.25, -0.2) is 4.79 Å². The number of hydrogen-bond donors (Lipinski definition) is 1. The summed E-state index contributed by atoms with van der Waals surface area (Å²) in [6.07, 6.45) is 3.01. The zero-order chi connectivity index (χ0) is 19.0. The first-order valence-corrected chi connectivity index (χ1v) is 9.45. The smallest absolute Gasteiger partial charge is 0.316 e. The number of amides is 3. The number of imide groups is 1. The number of unbranched alkanes of at least 4 members (excludes halogenated alkanes) is 1. The fourth-order valence-corrected chi connectivity index (χ4v) is 3.74. The Morgan fingerprint density at radius 2 is 1.93 bits per heavy atom. The molecule has 1 fully saturated rings. The Hall–Kier alpha value is -2.79. The van der Waals surface area contributed by atoms with E-state index in [9.17, 15) is 9.59 Å². The number of nitrogens with one attached hydrogen (secondary N) is 1. The van der Waals surface area contributed by atoms with Crippen LogP contribution < -0.4 is 10.2 Å². The SMILES string of the molecule is CCCCN1C(=O)NC2C(=Cc3ccccc3N2c2cccc(Cl)c2)C1=O. The maximum absolute atomic E-state index is 13.1. The minimum atomic E-state index is -0.559. The Morgan fingerprint density at radius 3 is 2.70 bits per heavy atom. The maximum atomic E-state index is 13.1. The number of nitrogens with zero attached hydrogens (tertiary/aromatic N) is 2. The number of carbonyl (C=O) groups excluding carboxylic acids is 2. The van der Waals surface area contributed by atoms with Crippen LogP contribution >= 0.6 is 11.6 Å². The third kappa shape index (κ3) is 3.08. The molecule has 0 spiro atoms. The zero-order valence-electron chi connectivity index (χ0n) is 15.0. The van der Waals surface area contributed by atoms with E-state index in [2.05, 4.69) is 5.32 Å². The van der Waals surface area contributed by atoms with Crippen molar-refractivity contribution in [3.05, 3.63) is 64.7 Å². The average Bonchev–Trinajstić information content (AvgIpc) is 2.66. The molecule has 2 aliphatic rings. The van der Waals surface area contributed by atoms with Crippen LogP contribution in [-0.2, 0) is 4.79 Å². The van der Waals surface area contributed by atoms with Crippen LogP contribution in [0.15, 0.2) is 54.1 Å². The summed E-state index contributed by atoms with van der Waals surface area (Å²) in [5.41, 5.74) is 3.23. The summed E-state index contributed by atoms with van der Waals surface area (Å²) in [4.78, 5) is 29.0. The Kier molecular flexibility index (Phi) is 4.62. The van der Waals surface area contributed by atoms with Crippen LogP contribution in [0.25, 0.3) is 6.08 Å². The van der Waals surface area contributed by atoms with E-state index in [4.69, 9.17) is 11.6 Å². The van der Waals surface area contributed by atoms with Gasteiger partial charge in [-0.1, -0.05) is 49.2 Å². The van der Waals surface area contributed by atoms with Gasteiger partial charge in [-0.2, -0.15) is 0 Å². The summed E-state index contributed by atoms with van der Waals surface area (Å²) in [5.74, 6) is -0.237. The lowest BCUT2D eigenvalue weighted by Gasteiger charge is -2.43. The van der Waals surface area contributed by atoms with Crippen LogP contribution in [0.1, 0.15) is 25.3 Å². The van der Waals surface area contributed by atoms with Crippen LogP contribution in [-0.4, -0.2) is 29.5 Å². The molecular formula is C21H20ClN3O2. The number of carbonyl (C=O) groups is 2. The van der Waals surface area contributed by atoms with Crippen LogP contribution in [0.5, 0.6) is 0 Å². The van der Waals surface area contributed by atoms with Gasteiger partial charge < -0.3 is 10.2 Å². The molecule has 2 aromatic carbocycles. The largest absolute Gasteiger partial charge is 0.326 e. The molecule has 1 unspecified atom stereocenters. The van der Waals surface area contributed by atoms with E-state index in [0.29, 0.717) is 17.1 Å². The summed E-state index contributed by atoms with van der Waals surface area (Å²) in [6, 6.07) is 14.9. The molecule has 0 aliphatic carbocycles. The highest BCUT2D eigenvalue weighted by Crippen LogP contribution is 2.39. The van der Waals surface area contributed by atoms with E-state index in [0.717, 1.165) is 29.8 Å². The van der Waals surface area contributed by atoms with Gasteiger partial charge in [0.1, 0.15) is 6.17 Å². The van der Waals surface area contributed by atoms with Gasteiger partial charge in [0.15, 0.2) is 0 Å². The molecule has 0 bridgehead atoms. The first-order chi connectivity index (χ1) is 13.1. The van der Waals surface area contributed by atoms with Crippen molar-refractivity contribution in [2.45, 2.75) is 25.9 Å². The third-order valence-corrected chi connectivity index (χ3v) is 5.11. The second kappa shape index (κ2) is 7.08. The molecule has 3 amide bonds. The number of hydrogen-bond acceptors (Lipinski definition) is 3. The lowest BCUT2D eigenvalue weighted by atomic mass is 9.96. The quantitative estimate of drug-likeness (QED) is 0.845. The Balaban J connectivity index is 1.82. The molecule has 0 saturated carbocycles. The van der Waals surface area contributed by atoms with Gasteiger partial charge in [0.2, 0.25) is 0 Å². The van der Waals surface area contributed by atoms with E-state index >= 15 is 0 Å². The van der Waals surface area contributed by atoms with Gasteiger partial charge in [-0.15, -0.1) is 0 Å². The molecule has 0 radical (unpaired) electrons. The fraction of sp³-hybridized carbons (Fsp3) is 0.238. The van der Waals surface area contributed by atoms with E-state index in [1.54, 1.807) is 6.07 Å². The number of fused-ring (bicyclic) bond motifs is 2. The monoisotopic (exact) mass is 381 g/mol. The van der Waals surface area contributed by atoms with Crippen LogP contribution in [0.4, 0.5) is 16.2 Å². The Labute approximate surface area is 163 Å². The van der Waals surface area contributed by atoms with Crippen molar-refractivity contribution in [2.75, 3.05) is 11.4 Å². The Bertz CT molecular complexity index is 941. The highest BCUT2D eigenvalue weighted by molar-refractivity contribution is 6.30. The first-order valence-electron chi connectivity index (χ1n) is 9.08. The van der Waals surface area contributed by atoms with Gasteiger partial charge in [0.25, 0.3) is 5.91 Å². The minimum Gasteiger partial charge on any atom is -0.316 e. The van der Waals surface area contributed by atoms with E-state index in [-0.39, 0.29) is 11.9 Å². The molecule has 1 N–H and O–H groups in total. The topological polar surface area (TPSA) is 52.7 Å². The molecule has 6 heteroatoms. The molecule has 2 heterocycles. The summed E-state index contributed by atoms with van der Waals surface area (Å²) in [7, 11) is 0. The van der Waals surface area contributed by atoms with Crippen molar-refractivity contribution >= 4 is 41.0 Å². The van der Waals surface area contributed by atoms with Crippen molar-refractivity contribution in [3.63, 3.8) is 0 Å². The lowest BCUT2D eigenvalue weighted by Crippen LogP contribution is -2.61. The van der Waals surface area contributed by atoms with Crippen molar-refractivity contribution < 1.29 is 9.59 Å². The lowest BCUT2D eigenvalue weighted by molar-refractivity contribution is -0.125. The van der Waals surface area contributed by atoms with Gasteiger partial charge in [0, 0.05) is 17.3 Å². The van der Waals surface area contributed by atoms with Crippen LogP contribution in [0.3, 0.4) is 0 Å². The van der Waals surface area contributed by atoms with Crippen molar-refractivity contribution in [1.29, 1.82) is 0 Å². The van der Waals surface area contributed by atoms with Gasteiger partial charge in [0.05, 0.1) is 11.3 Å². The van der Waals surface area contributed by atoms with Crippen LogP contribution in [0, 0.1) is 0 Å². The molecule has 27 heavy (non-hydrogen) atoms. The van der Waals surface area contributed by atoms with E-state index < -0.39 is 6.17 Å². The highest BCUT2D eigenvalue weighted by atomic mass is 35.5.